The number of aliphatic hydroxyl groups excluding tert-OH is 1. The number of rotatable bonds is 6. The van der Waals surface area contributed by atoms with Crippen LogP contribution in [0.25, 0.3) is 11.3 Å². The number of pyridine rings is 1. The highest BCUT2D eigenvalue weighted by molar-refractivity contribution is 5.62. The Bertz CT molecular complexity index is 661. The largest absolute Gasteiger partial charge is 0.494 e. The van der Waals surface area contributed by atoms with E-state index in [1.165, 1.54) is 0 Å². The number of aliphatic hydroxyl groups is 1. The summed E-state index contributed by atoms with van der Waals surface area (Å²) in [5, 5.41) is 9.25. The molecule has 4 nitrogen and oxygen atoms in total. The van der Waals surface area contributed by atoms with E-state index in [9.17, 15) is 9.90 Å². The van der Waals surface area contributed by atoms with Crippen molar-refractivity contribution in [2.75, 3.05) is 6.61 Å². The first kappa shape index (κ1) is 15.3. The zero-order valence-electron chi connectivity index (χ0n) is 12.5. The molecule has 112 valence electrons. The average Bonchev–Trinajstić information content (AvgIpc) is 2.50. The highest BCUT2D eigenvalue weighted by Gasteiger charge is 2.10. The molecule has 0 bridgehead atoms. The van der Waals surface area contributed by atoms with Gasteiger partial charge in [-0.05, 0) is 37.6 Å². The lowest BCUT2D eigenvalue weighted by atomic mass is 10.1. The van der Waals surface area contributed by atoms with Gasteiger partial charge in [-0.1, -0.05) is 19.1 Å². The number of nitrogens with zero attached hydrogens (tertiary/aromatic N) is 1. The first-order valence-electron chi connectivity index (χ1n) is 7.28. The van der Waals surface area contributed by atoms with Gasteiger partial charge in [-0.3, -0.25) is 4.79 Å². The van der Waals surface area contributed by atoms with E-state index in [4.69, 9.17) is 4.74 Å². The molecule has 1 aromatic heterocycles. The molecule has 0 spiro atoms. The van der Waals surface area contributed by atoms with E-state index in [0.717, 1.165) is 23.4 Å². The maximum atomic E-state index is 12.4. The molecule has 0 amide bonds. The van der Waals surface area contributed by atoms with Gasteiger partial charge in [0.1, 0.15) is 5.75 Å². The molecule has 1 N–H and O–H groups in total. The lowest BCUT2D eigenvalue weighted by Gasteiger charge is -2.14. The molecule has 0 unspecified atom stereocenters. The number of aromatic nitrogens is 1. The van der Waals surface area contributed by atoms with E-state index in [1.54, 1.807) is 10.6 Å². The van der Waals surface area contributed by atoms with Crippen molar-refractivity contribution in [3.8, 4) is 17.0 Å². The van der Waals surface area contributed by atoms with Crippen molar-refractivity contribution in [3.05, 3.63) is 52.3 Å². The SMILES string of the molecule is CCCn1c(-c2cccc(OCC)c2)ccc(CO)c1=O. The van der Waals surface area contributed by atoms with Crippen LogP contribution >= 0.6 is 0 Å². The van der Waals surface area contributed by atoms with Crippen molar-refractivity contribution in [1.82, 2.24) is 4.57 Å². The van der Waals surface area contributed by atoms with Gasteiger partial charge in [-0.15, -0.1) is 0 Å². The molecular weight excluding hydrogens is 266 g/mol. The molecular formula is C17H21NO3. The molecule has 2 rings (SSSR count). The van der Waals surface area contributed by atoms with Crippen LogP contribution in [-0.2, 0) is 13.2 Å². The van der Waals surface area contributed by atoms with Crippen LogP contribution in [0.1, 0.15) is 25.8 Å². The van der Waals surface area contributed by atoms with Gasteiger partial charge in [0.05, 0.1) is 18.9 Å². The van der Waals surface area contributed by atoms with Gasteiger partial charge in [0.2, 0.25) is 0 Å². The standard InChI is InChI=1S/C17H21NO3/c1-3-10-18-16(9-8-14(12-19)17(18)20)13-6-5-7-15(11-13)21-4-2/h5-9,11,19H,3-4,10,12H2,1-2H3. The van der Waals surface area contributed by atoms with E-state index in [-0.39, 0.29) is 12.2 Å². The molecule has 1 heterocycles. The lowest BCUT2D eigenvalue weighted by Crippen LogP contribution is -2.25. The topological polar surface area (TPSA) is 51.5 Å². The van der Waals surface area contributed by atoms with Gasteiger partial charge in [0.25, 0.3) is 5.56 Å². The van der Waals surface area contributed by atoms with E-state index in [1.807, 2.05) is 44.2 Å². The maximum absolute atomic E-state index is 12.4. The second-order valence-electron chi connectivity index (χ2n) is 4.82. The van der Waals surface area contributed by atoms with Crippen molar-refractivity contribution >= 4 is 0 Å². The van der Waals surface area contributed by atoms with E-state index >= 15 is 0 Å². The number of ether oxygens (including phenoxy) is 1. The van der Waals surface area contributed by atoms with Gasteiger partial charge >= 0.3 is 0 Å². The fourth-order valence-corrected chi connectivity index (χ4v) is 2.35. The summed E-state index contributed by atoms with van der Waals surface area (Å²) in [6.45, 7) is 4.96. The van der Waals surface area contributed by atoms with E-state index in [0.29, 0.717) is 18.7 Å². The average molecular weight is 287 g/mol. The summed E-state index contributed by atoms with van der Waals surface area (Å²) in [6, 6.07) is 11.3. The first-order chi connectivity index (χ1) is 10.2. The van der Waals surface area contributed by atoms with Crippen molar-refractivity contribution in [2.45, 2.75) is 33.4 Å². The Morgan fingerprint density at radius 3 is 2.67 bits per heavy atom. The molecule has 0 aliphatic carbocycles. The zero-order chi connectivity index (χ0) is 15.2. The summed E-state index contributed by atoms with van der Waals surface area (Å²) >= 11 is 0. The smallest absolute Gasteiger partial charge is 0.256 e. The third kappa shape index (κ3) is 3.34. The highest BCUT2D eigenvalue weighted by atomic mass is 16.5. The fourth-order valence-electron chi connectivity index (χ4n) is 2.35. The Balaban J connectivity index is 2.55. The normalized spacial score (nSPS) is 10.6. The van der Waals surface area contributed by atoms with Crippen LogP contribution in [0.15, 0.2) is 41.2 Å². The molecule has 0 saturated carbocycles. The van der Waals surface area contributed by atoms with Crippen LogP contribution in [0.5, 0.6) is 5.75 Å². The first-order valence-corrected chi connectivity index (χ1v) is 7.28. The van der Waals surface area contributed by atoms with Crippen LogP contribution in [0.4, 0.5) is 0 Å². The quantitative estimate of drug-likeness (QED) is 0.889. The summed E-state index contributed by atoms with van der Waals surface area (Å²) in [5.41, 5.74) is 2.09. The molecule has 0 saturated heterocycles. The molecule has 2 aromatic rings. The van der Waals surface area contributed by atoms with Crippen LogP contribution in [0.3, 0.4) is 0 Å². The summed E-state index contributed by atoms with van der Waals surface area (Å²) in [7, 11) is 0. The molecule has 0 atom stereocenters. The maximum Gasteiger partial charge on any atom is 0.256 e. The molecule has 0 aliphatic heterocycles. The van der Waals surface area contributed by atoms with Crippen LogP contribution in [0, 0.1) is 0 Å². The monoisotopic (exact) mass is 287 g/mol. The summed E-state index contributed by atoms with van der Waals surface area (Å²) in [6.07, 6.45) is 0.854. The third-order valence-corrected chi connectivity index (χ3v) is 3.31. The summed E-state index contributed by atoms with van der Waals surface area (Å²) in [5.74, 6) is 0.789. The molecule has 0 radical (unpaired) electrons. The second kappa shape index (κ2) is 7.09. The Hall–Kier alpha value is -2.07. The van der Waals surface area contributed by atoms with Gasteiger partial charge in [-0.2, -0.15) is 0 Å². The Kier molecular flexibility index (Phi) is 5.17. The number of hydrogen-bond acceptors (Lipinski definition) is 3. The Labute approximate surface area is 124 Å². The third-order valence-electron chi connectivity index (χ3n) is 3.31. The minimum atomic E-state index is -0.234. The molecule has 4 heteroatoms. The number of benzene rings is 1. The van der Waals surface area contributed by atoms with Crippen molar-refractivity contribution in [3.63, 3.8) is 0 Å². The predicted molar refractivity (Wildman–Crippen MR) is 83.5 cm³/mol. The minimum absolute atomic E-state index is 0.126. The van der Waals surface area contributed by atoms with Gasteiger partial charge < -0.3 is 14.4 Å². The highest BCUT2D eigenvalue weighted by Crippen LogP contribution is 2.23. The van der Waals surface area contributed by atoms with Crippen LogP contribution < -0.4 is 10.3 Å². The summed E-state index contributed by atoms with van der Waals surface area (Å²) in [4.78, 5) is 12.4. The van der Waals surface area contributed by atoms with Gasteiger partial charge in [-0.25, -0.2) is 0 Å². The van der Waals surface area contributed by atoms with Crippen molar-refractivity contribution in [1.29, 1.82) is 0 Å². The summed E-state index contributed by atoms with van der Waals surface area (Å²) < 4.78 is 7.23. The van der Waals surface area contributed by atoms with Crippen molar-refractivity contribution in [2.24, 2.45) is 0 Å². The lowest BCUT2D eigenvalue weighted by molar-refractivity contribution is 0.279. The fraction of sp³-hybridized carbons (Fsp3) is 0.353. The van der Waals surface area contributed by atoms with Gasteiger partial charge in [0, 0.05) is 17.7 Å². The molecule has 21 heavy (non-hydrogen) atoms. The molecule has 0 aliphatic rings. The van der Waals surface area contributed by atoms with E-state index < -0.39 is 0 Å². The molecule has 1 aromatic carbocycles. The second-order valence-corrected chi connectivity index (χ2v) is 4.82. The number of hydrogen-bond donors (Lipinski definition) is 1. The van der Waals surface area contributed by atoms with Crippen LogP contribution in [0.2, 0.25) is 0 Å². The minimum Gasteiger partial charge on any atom is -0.494 e. The Morgan fingerprint density at radius 1 is 1.19 bits per heavy atom. The Morgan fingerprint density at radius 2 is 2.00 bits per heavy atom. The molecule has 0 fully saturated rings. The van der Waals surface area contributed by atoms with Crippen LogP contribution in [-0.4, -0.2) is 16.3 Å². The van der Waals surface area contributed by atoms with E-state index in [2.05, 4.69) is 0 Å². The van der Waals surface area contributed by atoms with Crippen molar-refractivity contribution < 1.29 is 9.84 Å². The zero-order valence-corrected chi connectivity index (χ0v) is 12.5. The predicted octanol–water partition coefficient (Wildman–Crippen LogP) is 2.82. The van der Waals surface area contributed by atoms with Gasteiger partial charge in [0.15, 0.2) is 0 Å².